The number of ether oxygens (including phenoxy) is 2. The Hall–Kier alpha value is -0.770. The zero-order valence-electron chi connectivity index (χ0n) is 7.86. The molecule has 0 radical (unpaired) electrons. The van der Waals surface area contributed by atoms with E-state index in [1.807, 2.05) is 0 Å². The molecule has 4 nitrogen and oxygen atoms in total. The molecule has 0 heterocycles. The molecule has 1 N–H and O–H groups in total. The minimum absolute atomic E-state index is 0.307. The van der Waals surface area contributed by atoms with Crippen molar-refractivity contribution in [3.63, 3.8) is 0 Å². The number of aliphatic hydroxyl groups is 1. The molecule has 1 aliphatic rings. The monoisotopic (exact) mass is 188 g/mol. The molecule has 1 aliphatic carbocycles. The summed E-state index contributed by atoms with van der Waals surface area (Å²) in [7, 11) is 0. The summed E-state index contributed by atoms with van der Waals surface area (Å²) in [4.78, 5) is 10.9. The maximum Gasteiger partial charge on any atom is 0.508 e. The smallest absolute Gasteiger partial charge is 0.435 e. The van der Waals surface area contributed by atoms with Gasteiger partial charge < -0.3 is 14.6 Å². The molecule has 2 atom stereocenters. The average molecular weight is 188 g/mol. The van der Waals surface area contributed by atoms with Crippen molar-refractivity contribution in [2.24, 2.45) is 0 Å². The van der Waals surface area contributed by atoms with Crippen molar-refractivity contribution < 1.29 is 19.4 Å². The van der Waals surface area contributed by atoms with Gasteiger partial charge in [0.25, 0.3) is 0 Å². The third-order valence-electron chi connectivity index (χ3n) is 2.18. The third kappa shape index (κ3) is 3.22. The van der Waals surface area contributed by atoms with Gasteiger partial charge >= 0.3 is 6.16 Å². The van der Waals surface area contributed by atoms with Gasteiger partial charge in [0.15, 0.2) is 0 Å². The Morgan fingerprint density at radius 1 is 1.46 bits per heavy atom. The highest BCUT2D eigenvalue weighted by Crippen LogP contribution is 2.21. The van der Waals surface area contributed by atoms with Crippen molar-refractivity contribution in [3.05, 3.63) is 0 Å². The standard InChI is InChI=1S/C9H16O4/c1-2-12-9(11)13-8-6-4-3-5-7(8)10/h7-8,10H,2-6H2,1H3/t7-,8-/m1/s1. The highest BCUT2D eigenvalue weighted by molar-refractivity contribution is 5.60. The van der Waals surface area contributed by atoms with E-state index in [1.54, 1.807) is 6.92 Å². The molecule has 0 aromatic heterocycles. The van der Waals surface area contributed by atoms with Gasteiger partial charge in [-0.15, -0.1) is 0 Å². The minimum Gasteiger partial charge on any atom is -0.435 e. The molecule has 1 fully saturated rings. The first-order valence-corrected chi connectivity index (χ1v) is 4.75. The summed E-state index contributed by atoms with van der Waals surface area (Å²) in [6, 6.07) is 0. The zero-order valence-corrected chi connectivity index (χ0v) is 7.86. The van der Waals surface area contributed by atoms with Crippen LogP contribution in [-0.2, 0) is 9.47 Å². The van der Waals surface area contributed by atoms with Crippen molar-refractivity contribution in [1.29, 1.82) is 0 Å². The van der Waals surface area contributed by atoms with Crippen LogP contribution < -0.4 is 0 Å². The zero-order chi connectivity index (χ0) is 9.68. The van der Waals surface area contributed by atoms with Gasteiger partial charge in [-0.05, 0) is 26.2 Å². The lowest BCUT2D eigenvalue weighted by Gasteiger charge is -2.26. The first kappa shape index (κ1) is 10.3. The third-order valence-corrected chi connectivity index (χ3v) is 2.18. The molecule has 0 spiro atoms. The Bertz CT molecular complexity index is 169. The molecule has 1 saturated carbocycles. The Balaban J connectivity index is 2.29. The molecule has 4 heteroatoms. The van der Waals surface area contributed by atoms with Gasteiger partial charge in [0, 0.05) is 0 Å². The van der Waals surface area contributed by atoms with Gasteiger partial charge in [-0.25, -0.2) is 4.79 Å². The van der Waals surface area contributed by atoms with E-state index in [2.05, 4.69) is 4.74 Å². The van der Waals surface area contributed by atoms with Crippen LogP contribution in [-0.4, -0.2) is 30.1 Å². The lowest BCUT2D eigenvalue weighted by atomic mass is 9.95. The lowest BCUT2D eigenvalue weighted by Crippen LogP contribution is -2.34. The molecule has 0 saturated heterocycles. The average Bonchev–Trinajstić information content (AvgIpc) is 2.09. The number of rotatable bonds is 2. The number of hydrogen-bond donors (Lipinski definition) is 1. The summed E-state index contributed by atoms with van der Waals surface area (Å²) < 4.78 is 9.55. The molecule has 13 heavy (non-hydrogen) atoms. The number of carbonyl (C=O) groups excluding carboxylic acids is 1. The van der Waals surface area contributed by atoms with Crippen molar-refractivity contribution in [2.75, 3.05) is 6.61 Å². The Morgan fingerprint density at radius 2 is 2.15 bits per heavy atom. The molecule has 0 aliphatic heterocycles. The summed E-state index contributed by atoms with van der Waals surface area (Å²) in [5.41, 5.74) is 0. The largest absolute Gasteiger partial charge is 0.508 e. The summed E-state index contributed by atoms with van der Waals surface area (Å²) in [6.45, 7) is 2.03. The van der Waals surface area contributed by atoms with Crippen LogP contribution in [0.15, 0.2) is 0 Å². The molecule has 0 aromatic carbocycles. The quantitative estimate of drug-likeness (QED) is 0.666. The molecule has 76 valence electrons. The summed E-state index contributed by atoms with van der Waals surface area (Å²) in [6.07, 6.45) is 1.90. The van der Waals surface area contributed by atoms with Crippen LogP contribution in [0.25, 0.3) is 0 Å². The molecule has 0 aromatic rings. The lowest BCUT2D eigenvalue weighted by molar-refractivity contribution is -0.0480. The van der Waals surface area contributed by atoms with E-state index in [0.29, 0.717) is 13.0 Å². The van der Waals surface area contributed by atoms with Crippen LogP contribution in [0.4, 0.5) is 4.79 Å². The van der Waals surface area contributed by atoms with E-state index in [-0.39, 0.29) is 6.10 Å². The molecule has 0 unspecified atom stereocenters. The van der Waals surface area contributed by atoms with Crippen LogP contribution in [0.2, 0.25) is 0 Å². The second kappa shape index (κ2) is 5.07. The fraction of sp³-hybridized carbons (Fsp3) is 0.889. The Kier molecular flexibility index (Phi) is 4.02. The normalized spacial score (nSPS) is 28.2. The maximum atomic E-state index is 10.9. The van der Waals surface area contributed by atoms with Gasteiger partial charge in [-0.2, -0.15) is 0 Å². The Labute approximate surface area is 77.8 Å². The van der Waals surface area contributed by atoms with Gasteiger partial charge in [0.1, 0.15) is 6.10 Å². The summed E-state index contributed by atoms with van der Waals surface area (Å²) in [5.74, 6) is 0. The second-order valence-corrected chi connectivity index (χ2v) is 3.19. The highest BCUT2D eigenvalue weighted by atomic mass is 16.7. The molecule has 0 amide bonds. The first-order chi connectivity index (χ1) is 6.24. The SMILES string of the molecule is CCOC(=O)O[C@@H]1CCCC[C@H]1O. The summed E-state index contributed by atoms with van der Waals surface area (Å²) in [5, 5.41) is 9.45. The number of carbonyl (C=O) groups is 1. The van der Waals surface area contributed by atoms with E-state index < -0.39 is 12.3 Å². The van der Waals surface area contributed by atoms with Crippen molar-refractivity contribution in [1.82, 2.24) is 0 Å². The van der Waals surface area contributed by atoms with E-state index in [0.717, 1.165) is 19.3 Å². The predicted octanol–water partition coefficient (Wildman–Crippen LogP) is 1.46. The van der Waals surface area contributed by atoms with Gasteiger partial charge in [0.05, 0.1) is 12.7 Å². The van der Waals surface area contributed by atoms with E-state index in [9.17, 15) is 9.90 Å². The topological polar surface area (TPSA) is 55.8 Å². The van der Waals surface area contributed by atoms with Crippen LogP contribution in [0.5, 0.6) is 0 Å². The van der Waals surface area contributed by atoms with Crippen LogP contribution in [0, 0.1) is 0 Å². The molecule has 0 bridgehead atoms. The maximum absolute atomic E-state index is 10.9. The van der Waals surface area contributed by atoms with Gasteiger partial charge in [0.2, 0.25) is 0 Å². The van der Waals surface area contributed by atoms with Crippen LogP contribution in [0.3, 0.4) is 0 Å². The van der Waals surface area contributed by atoms with Crippen LogP contribution >= 0.6 is 0 Å². The molecular formula is C9H16O4. The Morgan fingerprint density at radius 3 is 2.77 bits per heavy atom. The summed E-state index contributed by atoms with van der Waals surface area (Å²) >= 11 is 0. The van der Waals surface area contributed by atoms with Crippen molar-refractivity contribution in [2.45, 2.75) is 44.8 Å². The van der Waals surface area contributed by atoms with Crippen LogP contribution in [0.1, 0.15) is 32.6 Å². The van der Waals surface area contributed by atoms with Gasteiger partial charge in [-0.1, -0.05) is 6.42 Å². The fourth-order valence-corrected chi connectivity index (χ4v) is 1.49. The second-order valence-electron chi connectivity index (χ2n) is 3.19. The van der Waals surface area contributed by atoms with Gasteiger partial charge in [-0.3, -0.25) is 0 Å². The highest BCUT2D eigenvalue weighted by Gasteiger charge is 2.26. The molecule has 1 rings (SSSR count). The number of aliphatic hydroxyl groups excluding tert-OH is 1. The molecular weight excluding hydrogens is 172 g/mol. The van der Waals surface area contributed by atoms with E-state index in [4.69, 9.17) is 4.74 Å². The van der Waals surface area contributed by atoms with Crippen molar-refractivity contribution >= 4 is 6.16 Å². The van der Waals surface area contributed by atoms with E-state index >= 15 is 0 Å². The minimum atomic E-state index is -0.673. The fourth-order valence-electron chi connectivity index (χ4n) is 1.49. The predicted molar refractivity (Wildman–Crippen MR) is 46.4 cm³/mol. The van der Waals surface area contributed by atoms with E-state index in [1.165, 1.54) is 0 Å². The number of hydrogen-bond acceptors (Lipinski definition) is 4. The first-order valence-electron chi connectivity index (χ1n) is 4.75. The van der Waals surface area contributed by atoms with Crippen molar-refractivity contribution in [3.8, 4) is 0 Å².